The van der Waals surface area contributed by atoms with Gasteiger partial charge in [-0.1, -0.05) is 12.1 Å². The van der Waals surface area contributed by atoms with Crippen molar-refractivity contribution in [1.29, 1.82) is 0 Å². The monoisotopic (exact) mass is 396 g/mol. The van der Waals surface area contributed by atoms with Crippen molar-refractivity contribution in [3.05, 3.63) is 35.6 Å². The van der Waals surface area contributed by atoms with E-state index in [4.69, 9.17) is 4.74 Å². The highest BCUT2D eigenvalue weighted by Gasteiger charge is 2.37. The first kappa shape index (κ1) is 19.2. The van der Waals surface area contributed by atoms with Crippen molar-refractivity contribution in [2.45, 2.75) is 25.3 Å². The number of hydrogen-bond acceptors (Lipinski definition) is 7. The van der Waals surface area contributed by atoms with Crippen LogP contribution in [0, 0.1) is 5.82 Å². The van der Waals surface area contributed by atoms with Crippen molar-refractivity contribution >= 4 is 33.2 Å². The lowest BCUT2D eigenvalue weighted by atomic mass is 10.1. The molecule has 1 atom stereocenters. The zero-order chi connectivity index (χ0) is 19.6. The Bertz CT molecular complexity index is 927. The lowest BCUT2D eigenvalue weighted by Gasteiger charge is -2.27. The van der Waals surface area contributed by atoms with Crippen LogP contribution < -0.4 is 0 Å². The Morgan fingerprint density at radius 3 is 2.74 bits per heavy atom. The lowest BCUT2D eigenvalue weighted by Crippen LogP contribution is -2.42. The molecule has 2 aliphatic heterocycles. The van der Waals surface area contributed by atoms with Crippen LogP contribution in [0.3, 0.4) is 0 Å². The minimum absolute atomic E-state index is 0.00231. The van der Waals surface area contributed by atoms with Gasteiger partial charge in [0.1, 0.15) is 11.5 Å². The zero-order valence-electron chi connectivity index (χ0n) is 14.3. The van der Waals surface area contributed by atoms with Crippen LogP contribution in [0.4, 0.5) is 4.39 Å². The first-order chi connectivity index (χ1) is 12.7. The number of ketones is 1. The number of nitrogens with zero attached hydrogens (tertiary/aromatic N) is 2. The Hall–Kier alpha value is -2.62. The molecule has 0 spiro atoms. The number of rotatable bonds is 5. The molecule has 0 aromatic heterocycles. The summed E-state index contributed by atoms with van der Waals surface area (Å²) in [6.07, 6.45) is 0.308. The average molecular weight is 396 g/mol. The highest BCUT2D eigenvalue weighted by Crippen LogP contribution is 2.22. The van der Waals surface area contributed by atoms with E-state index in [2.05, 4.69) is 5.10 Å². The topological polar surface area (TPSA) is 110 Å². The number of Topliss-reactive ketones (excluding diaryl/α,β-unsaturated/α-hetero) is 1. The average Bonchev–Trinajstić information content (AvgIpc) is 2.99. The maximum atomic E-state index is 13.1. The van der Waals surface area contributed by atoms with E-state index in [0.717, 1.165) is 11.1 Å². The summed E-state index contributed by atoms with van der Waals surface area (Å²) < 4.78 is 41.3. The van der Waals surface area contributed by atoms with Crippen LogP contribution in [0.25, 0.3) is 0 Å². The normalized spacial score (nSPS) is 21.7. The molecule has 1 saturated heterocycles. The molecular formula is C17H17FN2O6S. The van der Waals surface area contributed by atoms with Crippen LogP contribution in [0.1, 0.15) is 29.6 Å². The quantitative estimate of drug-likeness (QED) is 0.536. The van der Waals surface area contributed by atoms with Crippen LogP contribution in [0.15, 0.2) is 29.4 Å². The molecule has 1 amide bonds. The molecule has 0 bridgehead atoms. The predicted molar refractivity (Wildman–Crippen MR) is 92.3 cm³/mol. The Morgan fingerprint density at radius 1 is 1.30 bits per heavy atom. The maximum Gasteiger partial charge on any atom is 0.354 e. The molecule has 0 radical (unpaired) electrons. The van der Waals surface area contributed by atoms with Crippen molar-refractivity contribution in [3.8, 4) is 0 Å². The Balaban J connectivity index is 1.64. The van der Waals surface area contributed by atoms with Crippen LogP contribution in [0.2, 0.25) is 0 Å². The number of ether oxygens (including phenoxy) is 1. The van der Waals surface area contributed by atoms with E-state index in [1.165, 1.54) is 18.2 Å². The molecule has 27 heavy (non-hydrogen) atoms. The van der Waals surface area contributed by atoms with Crippen molar-refractivity contribution in [3.63, 3.8) is 0 Å². The fraction of sp³-hybridized carbons (Fsp3) is 0.412. The second-order valence-electron chi connectivity index (χ2n) is 6.35. The molecule has 2 aliphatic rings. The van der Waals surface area contributed by atoms with Gasteiger partial charge in [0, 0.05) is 18.4 Å². The number of sulfone groups is 1. The van der Waals surface area contributed by atoms with Crippen LogP contribution in [0.5, 0.6) is 0 Å². The first-order valence-corrected chi connectivity index (χ1v) is 10.1. The molecule has 0 aliphatic carbocycles. The molecule has 0 N–H and O–H groups in total. The van der Waals surface area contributed by atoms with E-state index < -0.39 is 40.1 Å². The molecule has 1 aromatic rings. The smallest absolute Gasteiger partial charge is 0.354 e. The van der Waals surface area contributed by atoms with Crippen molar-refractivity contribution in [1.82, 2.24) is 5.01 Å². The lowest BCUT2D eigenvalue weighted by molar-refractivity contribution is -0.136. The number of carbonyl (C=O) groups is 3. The van der Waals surface area contributed by atoms with Gasteiger partial charge in [-0.2, -0.15) is 5.10 Å². The number of halogens is 1. The number of esters is 1. The summed E-state index contributed by atoms with van der Waals surface area (Å²) >= 11 is 0. The number of carbonyl (C=O) groups excluding carboxylic acids is 3. The number of amides is 1. The third kappa shape index (κ3) is 4.57. The SMILES string of the molecule is O=C(OCC(=O)c1cccc(F)c1)C1=NN([C@@H]2CCS(=O)(=O)C2)C(=O)CC1. The molecule has 2 heterocycles. The third-order valence-electron chi connectivity index (χ3n) is 4.33. The van der Waals surface area contributed by atoms with Gasteiger partial charge in [0.05, 0.1) is 17.5 Å². The van der Waals surface area contributed by atoms with Gasteiger partial charge in [-0.25, -0.2) is 22.6 Å². The summed E-state index contributed by atoms with van der Waals surface area (Å²) in [5.74, 6) is -2.59. The molecule has 1 aromatic carbocycles. The predicted octanol–water partition coefficient (Wildman–Crippen LogP) is 0.717. The standard InChI is InChI=1S/C17H17FN2O6S/c18-12-3-1-2-11(8-12)15(21)9-26-17(23)14-4-5-16(22)20(19-14)13-6-7-27(24,25)10-13/h1-3,8,13H,4-7,9-10H2/t13-/m1/s1. The number of hydrazone groups is 1. The van der Waals surface area contributed by atoms with E-state index >= 15 is 0 Å². The summed E-state index contributed by atoms with van der Waals surface area (Å²) in [4.78, 5) is 36.2. The van der Waals surface area contributed by atoms with E-state index in [-0.39, 0.29) is 48.0 Å². The summed E-state index contributed by atoms with van der Waals surface area (Å²) in [5.41, 5.74) is 0.0206. The summed E-state index contributed by atoms with van der Waals surface area (Å²) in [6, 6.07) is 4.40. The Morgan fingerprint density at radius 2 is 2.07 bits per heavy atom. The van der Waals surface area contributed by atoms with Crippen molar-refractivity contribution < 1.29 is 31.9 Å². The molecule has 8 nitrogen and oxygen atoms in total. The third-order valence-corrected chi connectivity index (χ3v) is 6.08. The molecule has 0 saturated carbocycles. The second kappa shape index (κ2) is 7.55. The molecular weight excluding hydrogens is 379 g/mol. The molecule has 10 heteroatoms. The number of hydrogen-bond donors (Lipinski definition) is 0. The molecule has 0 unspecified atom stereocenters. The second-order valence-corrected chi connectivity index (χ2v) is 8.58. The maximum absolute atomic E-state index is 13.1. The Labute approximate surface area is 154 Å². The van der Waals surface area contributed by atoms with E-state index in [1.807, 2.05) is 0 Å². The van der Waals surface area contributed by atoms with Gasteiger partial charge in [-0.15, -0.1) is 0 Å². The first-order valence-electron chi connectivity index (χ1n) is 8.31. The van der Waals surface area contributed by atoms with Crippen LogP contribution in [-0.4, -0.2) is 61.0 Å². The largest absolute Gasteiger partial charge is 0.453 e. The van der Waals surface area contributed by atoms with E-state index in [0.29, 0.717) is 0 Å². The van der Waals surface area contributed by atoms with Crippen molar-refractivity contribution in [2.24, 2.45) is 5.10 Å². The zero-order valence-corrected chi connectivity index (χ0v) is 15.1. The number of benzene rings is 1. The van der Waals surface area contributed by atoms with Gasteiger partial charge in [0.25, 0.3) is 0 Å². The molecule has 1 fully saturated rings. The fourth-order valence-corrected chi connectivity index (χ4v) is 4.62. The molecule has 3 rings (SSSR count). The van der Waals surface area contributed by atoms with Gasteiger partial charge in [-0.3, -0.25) is 9.59 Å². The van der Waals surface area contributed by atoms with Gasteiger partial charge in [0.15, 0.2) is 22.2 Å². The van der Waals surface area contributed by atoms with Crippen LogP contribution in [-0.2, 0) is 24.2 Å². The molecule has 144 valence electrons. The summed E-state index contributed by atoms with van der Waals surface area (Å²) in [5, 5.41) is 5.01. The minimum Gasteiger partial charge on any atom is -0.453 e. The van der Waals surface area contributed by atoms with Gasteiger partial charge >= 0.3 is 5.97 Å². The van der Waals surface area contributed by atoms with Gasteiger partial charge in [-0.05, 0) is 18.6 Å². The Kier molecular flexibility index (Phi) is 5.36. The summed E-state index contributed by atoms with van der Waals surface area (Å²) in [6.45, 7) is -0.590. The van der Waals surface area contributed by atoms with Crippen molar-refractivity contribution in [2.75, 3.05) is 18.1 Å². The van der Waals surface area contributed by atoms with Crippen LogP contribution >= 0.6 is 0 Å². The minimum atomic E-state index is -3.22. The van der Waals surface area contributed by atoms with Gasteiger partial charge < -0.3 is 4.74 Å². The van der Waals surface area contributed by atoms with Gasteiger partial charge in [0.2, 0.25) is 5.91 Å². The highest BCUT2D eigenvalue weighted by atomic mass is 32.2. The highest BCUT2D eigenvalue weighted by molar-refractivity contribution is 7.91. The fourth-order valence-electron chi connectivity index (χ4n) is 2.93. The summed E-state index contributed by atoms with van der Waals surface area (Å²) in [7, 11) is -3.22. The van der Waals surface area contributed by atoms with E-state index in [9.17, 15) is 27.2 Å². The van der Waals surface area contributed by atoms with E-state index in [1.54, 1.807) is 0 Å².